The smallest absolute Gasteiger partial charge is 0.0366 e. The van der Waals surface area contributed by atoms with Gasteiger partial charge in [-0.25, -0.2) is 0 Å². The van der Waals surface area contributed by atoms with Crippen molar-refractivity contribution in [3.8, 4) is 0 Å². The Kier molecular flexibility index (Phi) is 6.88. The van der Waals surface area contributed by atoms with Gasteiger partial charge in [-0.3, -0.25) is 0 Å². The first-order valence-electron chi connectivity index (χ1n) is 13.8. The van der Waals surface area contributed by atoms with Crippen molar-refractivity contribution < 1.29 is 0 Å². The molecule has 0 amide bonds. The van der Waals surface area contributed by atoms with Crippen molar-refractivity contribution in [2.75, 3.05) is 50.7 Å². The maximum atomic E-state index is 3.48. The summed E-state index contributed by atoms with van der Waals surface area (Å²) in [6.45, 7) is 8.41. The first-order valence-corrected chi connectivity index (χ1v) is 13.8. The van der Waals surface area contributed by atoms with Gasteiger partial charge < -0.3 is 15.1 Å². The van der Waals surface area contributed by atoms with Crippen LogP contribution in [0.4, 0.5) is 5.69 Å². The Morgan fingerprint density at radius 1 is 0.686 bits per heavy atom. The number of rotatable bonds is 5. The molecule has 2 atom stereocenters. The van der Waals surface area contributed by atoms with Gasteiger partial charge in [-0.1, -0.05) is 66.7 Å². The fourth-order valence-corrected chi connectivity index (χ4v) is 6.76. The van der Waals surface area contributed by atoms with Gasteiger partial charge in [-0.15, -0.1) is 0 Å². The summed E-state index contributed by atoms with van der Waals surface area (Å²) in [5, 5.41) is 3.48. The van der Waals surface area contributed by atoms with Crippen molar-refractivity contribution >= 4 is 5.69 Å². The van der Waals surface area contributed by atoms with Crippen molar-refractivity contribution in [1.82, 2.24) is 10.2 Å². The Labute approximate surface area is 211 Å². The molecule has 1 aliphatic carbocycles. The van der Waals surface area contributed by atoms with Crippen LogP contribution < -0.4 is 10.2 Å². The Hall–Kier alpha value is -2.62. The molecule has 2 heterocycles. The molecule has 1 N–H and O–H groups in total. The van der Waals surface area contributed by atoms with Crippen LogP contribution in [-0.2, 0) is 6.42 Å². The molecule has 0 radical (unpaired) electrons. The lowest BCUT2D eigenvalue weighted by atomic mass is 9.69. The zero-order valence-corrected chi connectivity index (χ0v) is 20.9. The van der Waals surface area contributed by atoms with Gasteiger partial charge in [0.05, 0.1) is 0 Å². The summed E-state index contributed by atoms with van der Waals surface area (Å²) in [6.07, 6.45) is 5.02. The fourth-order valence-electron chi connectivity index (χ4n) is 6.76. The van der Waals surface area contributed by atoms with Crippen LogP contribution in [0, 0.1) is 5.92 Å². The second-order valence-electron chi connectivity index (χ2n) is 10.8. The number of aryl methyl sites for hydroxylation is 1. The molecule has 2 fully saturated rings. The Balaban J connectivity index is 1.17. The van der Waals surface area contributed by atoms with E-state index >= 15 is 0 Å². The minimum Gasteiger partial charge on any atom is -0.372 e. The minimum atomic E-state index is 0.432. The number of benzene rings is 3. The SMILES string of the molecule is c1ccc([C@H]2CCc3ccccc3[C@H]2c2ccc(N3CCC(CN4CCNCC4)CC3)cc2)cc1. The summed E-state index contributed by atoms with van der Waals surface area (Å²) in [7, 11) is 0. The van der Waals surface area contributed by atoms with E-state index in [-0.39, 0.29) is 0 Å². The lowest BCUT2D eigenvalue weighted by Gasteiger charge is -2.37. The highest BCUT2D eigenvalue weighted by Crippen LogP contribution is 2.46. The van der Waals surface area contributed by atoms with Crippen molar-refractivity contribution in [1.29, 1.82) is 0 Å². The molecular weight excluding hydrogens is 426 g/mol. The summed E-state index contributed by atoms with van der Waals surface area (Å²) in [6, 6.07) is 29.9. The lowest BCUT2D eigenvalue weighted by Crippen LogP contribution is -2.46. The molecule has 3 aromatic rings. The Bertz CT molecular complexity index is 1080. The third kappa shape index (κ3) is 5.03. The highest BCUT2D eigenvalue weighted by atomic mass is 15.2. The molecule has 3 aromatic carbocycles. The van der Waals surface area contributed by atoms with Crippen LogP contribution in [0.3, 0.4) is 0 Å². The number of piperidine rings is 1. The molecule has 2 aliphatic heterocycles. The molecule has 6 rings (SSSR count). The third-order valence-electron chi connectivity index (χ3n) is 8.70. The number of nitrogens with zero attached hydrogens (tertiary/aromatic N) is 2. The zero-order chi connectivity index (χ0) is 23.5. The first-order chi connectivity index (χ1) is 17.3. The molecule has 3 heteroatoms. The van der Waals surface area contributed by atoms with E-state index in [2.05, 4.69) is 94.0 Å². The van der Waals surface area contributed by atoms with E-state index in [1.54, 1.807) is 0 Å². The Morgan fingerprint density at radius 2 is 1.40 bits per heavy atom. The predicted molar refractivity (Wildman–Crippen MR) is 146 cm³/mol. The van der Waals surface area contributed by atoms with Crippen molar-refractivity contribution in [3.63, 3.8) is 0 Å². The number of hydrogen-bond acceptors (Lipinski definition) is 3. The maximum absolute atomic E-state index is 3.48. The highest BCUT2D eigenvalue weighted by molar-refractivity contribution is 5.52. The molecular formula is C32H39N3. The van der Waals surface area contributed by atoms with Gasteiger partial charge in [-0.05, 0) is 71.9 Å². The van der Waals surface area contributed by atoms with Gasteiger partial charge in [0.1, 0.15) is 0 Å². The maximum Gasteiger partial charge on any atom is 0.0366 e. The van der Waals surface area contributed by atoms with Gasteiger partial charge in [0.25, 0.3) is 0 Å². The van der Waals surface area contributed by atoms with E-state index in [0.29, 0.717) is 11.8 Å². The fraction of sp³-hybridized carbons (Fsp3) is 0.438. The van der Waals surface area contributed by atoms with Crippen LogP contribution in [0.2, 0.25) is 0 Å². The summed E-state index contributed by atoms with van der Waals surface area (Å²) >= 11 is 0. The van der Waals surface area contributed by atoms with E-state index in [0.717, 1.165) is 19.0 Å². The standard InChI is InChI=1S/C32H39N3/c1-2-6-26(7-3-1)31-15-12-27-8-4-5-9-30(27)32(31)28-10-13-29(14-11-28)35-20-16-25(17-21-35)24-34-22-18-33-19-23-34/h1-11,13-14,25,31-33H,12,15-24H2/t31-,32-/m1/s1. The molecule has 2 saturated heterocycles. The minimum absolute atomic E-state index is 0.432. The number of fused-ring (bicyclic) bond motifs is 1. The van der Waals surface area contributed by atoms with Crippen LogP contribution in [0.5, 0.6) is 0 Å². The molecule has 3 nitrogen and oxygen atoms in total. The van der Waals surface area contributed by atoms with Gasteiger partial charge in [0.2, 0.25) is 0 Å². The van der Waals surface area contributed by atoms with Gasteiger partial charge in [-0.2, -0.15) is 0 Å². The number of nitrogens with one attached hydrogen (secondary N) is 1. The topological polar surface area (TPSA) is 18.5 Å². The molecule has 182 valence electrons. The molecule has 0 saturated carbocycles. The van der Waals surface area contributed by atoms with Crippen LogP contribution in [-0.4, -0.2) is 50.7 Å². The van der Waals surface area contributed by atoms with Crippen molar-refractivity contribution in [3.05, 3.63) is 101 Å². The van der Waals surface area contributed by atoms with E-state index < -0.39 is 0 Å². The second kappa shape index (κ2) is 10.6. The summed E-state index contributed by atoms with van der Waals surface area (Å²) in [4.78, 5) is 5.28. The average Bonchev–Trinajstić information content (AvgIpc) is 2.94. The molecule has 0 unspecified atom stereocenters. The molecule has 0 aromatic heterocycles. The molecule has 3 aliphatic rings. The summed E-state index contributed by atoms with van der Waals surface area (Å²) in [5.41, 5.74) is 7.38. The quantitative estimate of drug-likeness (QED) is 0.524. The summed E-state index contributed by atoms with van der Waals surface area (Å²) in [5.74, 6) is 1.83. The van der Waals surface area contributed by atoms with Gasteiger partial charge in [0, 0.05) is 57.4 Å². The van der Waals surface area contributed by atoms with Crippen molar-refractivity contribution in [2.24, 2.45) is 5.92 Å². The molecule has 0 spiro atoms. The zero-order valence-electron chi connectivity index (χ0n) is 20.9. The molecule has 35 heavy (non-hydrogen) atoms. The van der Waals surface area contributed by atoms with Crippen LogP contribution in [0.15, 0.2) is 78.9 Å². The van der Waals surface area contributed by atoms with E-state index in [1.807, 2.05) is 0 Å². The van der Waals surface area contributed by atoms with Gasteiger partial charge >= 0.3 is 0 Å². The van der Waals surface area contributed by atoms with Crippen molar-refractivity contribution in [2.45, 2.75) is 37.5 Å². The number of piperazine rings is 1. The number of hydrogen-bond donors (Lipinski definition) is 1. The first kappa shape index (κ1) is 22.8. The van der Waals surface area contributed by atoms with Crippen LogP contribution >= 0.6 is 0 Å². The Morgan fingerprint density at radius 3 is 2.17 bits per heavy atom. The van der Waals surface area contributed by atoms with Crippen LogP contribution in [0.25, 0.3) is 0 Å². The van der Waals surface area contributed by atoms with Crippen LogP contribution in [0.1, 0.15) is 53.4 Å². The van der Waals surface area contributed by atoms with E-state index in [1.165, 1.54) is 86.3 Å². The van der Waals surface area contributed by atoms with E-state index in [9.17, 15) is 0 Å². The molecule has 0 bridgehead atoms. The predicted octanol–water partition coefficient (Wildman–Crippen LogP) is 5.67. The third-order valence-corrected chi connectivity index (χ3v) is 8.70. The second-order valence-corrected chi connectivity index (χ2v) is 10.8. The summed E-state index contributed by atoms with van der Waals surface area (Å²) < 4.78 is 0. The van der Waals surface area contributed by atoms with E-state index in [4.69, 9.17) is 0 Å². The largest absolute Gasteiger partial charge is 0.372 e. The lowest BCUT2D eigenvalue weighted by molar-refractivity contribution is 0.190. The average molecular weight is 466 g/mol. The van der Waals surface area contributed by atoms with Gasteiger partial charge in [0.15, 0.2) is 0 Å². The number of anilines is 1. The monoisotopic (exact) mass is 465 g/mol. The normalized spacial score (nSPS) is 23.7. The highest BCUT2D eigenvalue weighted by Gasteiger charge is 2.32.